The van der Waals surface area contributed by atoms with Gasteiger partial charge in [0, 0.05) is 70.4 Å². The number of hydrogen-bond donors (Lipinski definition) is 2. The van der Waals surface area contributed by atoms with Crippen molar-refractivity contribution in [1.29, 1.82) is 0 Å². The fourth-order valence-electron chi connectivity index (χ4n) is 5.34. The van der Waals surface area contributed by atoms with Crippen LogP contribution in [-0.4, -0.2) is 83.8 Å². The number of piperazine rings is 1. The van der Waals surface area contributed by atoms with Crippen LogP contribution < -0.4 is 10.6 Å². The molecule has 4 heterocycles. The van der Waals surface area contributed by atoms with Crippen LogP contribution in [0.1, 0.15) is 40.7 Å². The van der Waals surface area contributed by atoms with Crippen molar-refractivity contribution < 1.29 is 14.4 Å². The van der Waals surface area contributed by atoms with E-state index in [-0.39, 0.29) is 24.1 Å². The molecular weight excluding hydrogens is 382 g/mol. The van der Waals surface area contributed by atoms with Crippen LogP contribution >= 0.6 is 0 Å². The molecule has 0 radical (unpaired) electrons. The van der Waals surface area contributed by atoms with E-state index in [1.54, 1.807) is 4.90 Å². The highest BCUT2D eigenvalue weighted by atomic mass is 16.2. The Kier molecular flexibility index (Phi) is 5.30. The number of piperidine rings is 1. The summed E-state index contributed by atoms with van der Waals surface area (Å²) in [5, 5.41) is 5.79. The third kappa shape index (κ3) is 3.64. The van der Waals surface area contributed by atoms with Crippen LogP contribution in [0.15, 0.2) is 18.2 Å². The van der Waals surface area contributed by atoms with Gasteiger partial charge >= 0.3 is 0 Å². The van der Waals surface area contributed by atoms with E-state index in [9.17, 15) is 14.4 Å². The Labute approximate surface area is 176 Å². The molecule has 2 N–H and O–H groups in total. The minimum atomic E-state index is -0.556. The Hall–Kier alpha value is -2.29. The molecule has 4 aliphatic rings. The van der Waals surface area contributed by atoms with Gasteiger partial charge in [-0.05, 0) is 30.0 Å². The van der Waals surface area contributed by atoms with E-state index in [0.29, 0.717) is 24.6 Å². The van der Waals surface area contributed by atoms with Crippen LogP contribution in [0.3, 0.4) is 0 Å². The number of carbonyl (C=O) groups excluding carboxylic acids is 3. The van der Waals surface area contributed by atoms with Gasteiger partial charge < -0.3 is 10.2 Å². The van der Waals surface area contributed by atoms with Crippen LogP contribution in [0.25, 0.3) is 0 Å². The maximum absolute atomic E-state index is 13.0. The molecule has 8 heteroatoms. The zero-order valence-corrected chi connectivity index (χ0v) is 17.2. The molecule has 8 nitrogen and oxygen atoms in total. The van der Waals surface area contributed by atoms with Crippen LogP contribution in [-0.2, 0) is 22.7 Å². The zero-order chi connectivity index (χ0) is 20.7. The maximum atomic E-state index is 13.0. The number of fused-ring (bicyclic) bond motifs is 1. The van der Waals surface area contributed by atoms with Crippen LogP contribution in [0, 0.1) is 0 Å². The first-order chi connectivity index (χ1) is 14.6. The summed E-state index contributed by atoms with van der Waals surface area (Å²) in [6.45, 7) is 7.80. The van der Waals surface area contributed by atoms with Gasteiger partial charge in [-0.3, -0.25) is 29.5 Å². The van der Waals surface area contributed by atoms with Gasteiger partial charge in [0.2, 0.25) is 11.8 Å². The summed E-state index contributed by atoms with van der Waals surface area (Å²) in [6, 6.07) is 5.98. The number of benzene rings is 1. The number of hydrogen-bond acceptors (Lipinski definition) is 6. The Bertz CT molecular complexity index is 866. The number of carbonyl (C=O) groups is 3. The van der Waals surface area contributed by atoms with E-state index < -0.39 is 6.04 Å². The van der Waals surface area contributed by atoms with E-state index in [1.807, 2.05) is 12.1 Å². The molecule has 1 aromatic rings. The first-order valence-corrected chi connectivity index (χ1v) is 11.0. The molecule has 0 aliphatic carbocycles. The second kappa shape index (κ2) is 8.09. The molecule has 0 saturated carbocycles. The summed E-state index contributed by atoms with van der Waals surface area (Å²) >= 11 is 0. The minimum Gasteiger partial charge on any atom is -0.322 e. The summed E-state index contributed by atoms with van der Waals surface area (Å²) in [4.78, 5) is 43.5. The monoisotopic (exact) mass is 411 g/mol. The van der Waals surface area contributed by atoms with Crippen molar-refractivity contribution in [3.05, 3.63) is 34.9 Å². The van der Waals surface area contributed by atoms with Crippen LogP contribution in [0.2, 0.25) is 0 Å². The first kappa shape index (κ1) is 19.7. The molecule has 2 unspecified atom stereocenters. The third-order valence-corrected chi connectivity index (χ3v) is 6.99. The molecule has 30 heavy (non-hydrogen) atoms. The van der Waals surface area contributed by atoms with Crippen LogP contribution in [0.4, 0.5) is 0 Å². The summed E-state index contributed by atoms with van der Waals surface area (Å²) < 4.78 is 0. The standard InChI is InChI=1S/C22H29N5O3/c28-20-5-4-19(21(29)24-20)27-14-18-15(2-1-3-17(18)22(27)30)12-25-9-6-16(13-25)26-10-7-23-8-11-26/h1-3,16,19,23H,4-14H2,(H,24,28,29). The van der Waals surface area contributed by atoms with E-state index in [4.69, 9.17) is 0 Å². The average molecular weight is 412 g/mol. The van der Waals surface area contributed by atoms with Crippen molar-refractivity contribution in [3.8, 4) is 0 Å². The fraction of sp³-hybridized carbons (Fsp3) is 0.591. The van der Waals surface area contributed by atoms with Crippen molar-refractivity contribution in [3.63, 3.8) is 0 Å². The SMILES string of the molecule is O=C1CCC(N2Cc3c(CN4CCC(N5CCNCC5)C4)cccc3C2=O)C(=O)N1. The molecule has 3 saturated heterocycles. The highest BCUT2D eigenvalue weighted by Crippen LogP contribution is 2.31. The number of imide groups is 1. The van der Waals surface area contributed by atoms with Gasteiger partial charge in [0.15, 0.2) is 0 Å². The molecular formula is C22H29N5O3. The van der Waals surface area contributed by atoms with E-state index in [1.165, 1.54) is 12.0 Å². The smallest absolute Gasteiger partial charge is 0.255 e. The summed E-state index contributed by atoms with van der Waals surface area (Å²) in [5.41, 5.74) is 2.92. The number of rotatable bonds is 4. The van der Waals surface area contributed by atoms with Crippen molar-refractivity contribution in [2.24, 2.45) is 0 Å². The van der Waals surface area contributed by atoms with Crippen molar-refractivity contribution >= 4 is 17.7 Å². The molecule has 4 aliphatic heterocycles. The molecule has 1 aromatic carbocycles. The predicted octanol–water partition coefficient (Wildman–Crippen LogP) is -0.0729. The topological polar surface area (TPSA) is 85.0 Å². The minimum absolute atomic E-state index is 0.0959. The van der Waals surface area contributed by atoms with E-state index >= 15 is 0 Å². The largest absolute Gasteiger partial charge is 0.322 e. The van der Waals surface area contributed by atoms with Crippen LogP contribution in [0.5, 0.6) is 0 Å². The highest BCUT2D eigenvalue weighted by Gasteiger charge is 2.40. The Balaban J connectivity index is 1.28. The molecule has 5 rings (SSSR count). The molecule has 0 bridgehead atoms. The lowest BCUT2D eigenvalue weighted by molar-refractivity contribution is -0.136. The zero-order valence-electron chi connectivity index (χ0n) is 17.2. The molecule has 3 fully saturated rings. The van der Waals surface area contributed by atoms with E-state index in [0.717, 1.165) is 51.4 Å². The lowest BCUT2D eigenvalue weighted by atomic mass is 10.0. The second-order valence-electron chi connectivity index (χ2n) is 8.81. The van der Waals surface area contributed by atoms with Crippen molar-refractivity contribution in [1.82, 2.24) is 25.3 Å². The second-order valence-corrected chi connectivity index (χ2v) is 8.81. The Morgan fingerprint density at radius 1 is 1.03 bits per heavy atom. The van der Waals surface area contributed by atoms with Crippen molar-refractivity contribution in [2.45, 2.75) is 44.4 Å². The lowest BCUT2D eigenvalue weighted by Crippen LogP contribution is -2.52. The van der Waals surface area contributed by atoms with Gasteiger partial charge in [0.25, 0.3) is 5.91 Å². The quantitative estimate of drug-likeness (QED) is 0.675. The number of likely N-dealkylation sites (tertiary alicyclic amines) is 1. The molecule has 160 valence electrons. The van der Waals surface area contributed by atoms with Crippen molar-refractivity contribution in [2.75, 3.05) is 39.3 Å². The molecule has 2 atom stereocenters. The lowest BCUT2D eigenvalue weighted by Gasteiger charge is -2.32. The number of nitrogens with one attached hydrogen (secondary N) is 2. The molecule has 3 amide bonds. The molecule has 0 spiro atoms. The average Bonchev–Trinajstić information content (AvgIpc) is 3.35. The fourth-order valence-corrected chi connectivity index (χ4v) is 5.34. The highest BCUT2D eigenvalue weighted by molar-refractivity contribution is 6.05. The van der Waals surface area contributed by atoms with Gasteiger partial charge in [0.1, 0.15) is 6.04 Å². The van der Waals surface area contributed by atoms with E-state index in [2.05, 4.69) is 26.5 Å². The van der Waals surface area contributed by atoms with Gasteiger partial charge in [-0.15, -0.1) is 0 Å². The van der Waals surface area contributed by atoms with Gasteiger partial charge in [0.05, 0.1) is 0 Å². The van der Waals surface area contributed by atoms with Gasteiger partial charge in [-0.1, -0.05) is 12.1 Å². The first-order valence-electron chi connectivity index (χ1n) is 11.0. The summed E-state index contributed by atoms with van der Waals surface area (Å²) in [7, 11) is 0. The summed E-state index contributed by atoms with van der Waals surface area (Å²) in [5.74, 6) is -0.706. The number of amides is 3. The third-order valence-electron chi connectivity index (χ3n) is 6.99. The van der Waals surface area contributed by atoms with Gasteiger partial charge in [-0.2, -0.15) is 0 Å². The summed E-state index contributed by atoms with van der Waals surface area (Å²) in [6.07, 6.45) is 1.87. The predicted molar refractivity (Wildman–Crippen MR) is 111 cm³/mol. The van der Waals surface area contributed by atoms with Gasteiger partial charge in [-0.25, -0.2) is 0 Å². The Morgan fingerprint density at radius 3 is 2.67 bits per heavy atom. The Morgan fingerprint density at radius 2 is 1.87 bits per heavy atom. The normalized spacial score (nSPS) is 28.1. The maximum Gasteiger partial charge on any atom is 0.255 e. The number of nitrogens with zero attached hydrogens (tertiary/aromatic N) is 3. The molecule has 0 aromatic heterocycles.